The summed E-state index contributed by atoms with van der Waals surface area (Å²) in [6.07, 6.45) is 0. The van der Waals surface area contributed by atoms with Crippen LogP contribution in [0.4, 0.5) is 18.9 Å². The molecule has 0 fully saturated rings. The Morgan fingerprint density at radius 1 is 1.14 bits per heavy atom. The van der Waals surface area contributed by atoms with Gasteiger partial charge in [-0.1, -0.05) is 11.6 Å². The Balaban J connectivity index is 1.90. The minimum Gasteiger partial charge on any atom is -0.378 e. The van der Waals surface area contributed by atoms with Gasteiger partial charge in [-0.15, -0.1) is 11.3 Å². The number of fused-ring (bicyclic) bond motifs is 1. The lowest BCUT2D eigenvalue weighted by Gasteiger charge is -2.10. The van der Waals surface area contributed by atoms with E-state index in [0.717, 1.165) is 16.8 Å². The Bertz CT molecular complexity index is 796. The van der Waals surface area contributed by atoms with Gasteiger partial charge in [0.05, 0.1) is 20.9 Å². The second kappa shape index (κ2) is 5.54. The van der Waals surface area contributed by atoms with Crippen molar-refractivity contribution in [1.82, 2.24) is 4.98 Å². The number of anilines is 1. The van der Waals surface area contributed by atoms with E-state index in [1.807, 2.05) is 6.07 Å². The average Bonchev–Trinajstić information content (AvgIpc) is 2.92. The Hall–Kier alpha value is -1.79. The van der Waals surface area contributed by atoms with E-state index in [1.165, 1.54) is 11.3 Å². The summed E-state index contributed by atoms with van der Waals surface area (Å²) in [5.74, 6) is -3.91. The summed E-state index contributed by atoms with van der Waals surface area (Å²) in [5, 5.41) is 3.44. The summed E-state index contributed by atoms with van der Waals surface area (Å²) >= 11 is 7.57. The van der Waals surface area contributed by atoms with Crippen molar-refractivity contribution in [3.63, 3.8) is 0 Å². The number of halogens is 4. The van der Waals surface area contributed by atoms with Gasteiger partial charge in [0.15, 0.2) is 17.5 Å². The second-order valence-electron chi connectivity index (χ2n) is 4.35. The molecule has 0 spiro atoms. The summed E-state index contributed by atoms with van der Waals surface area (Å²) in [5.41, 5.74) is 3.23. The van der Waals surface area contributed by atoms with Gasteiger partial charge in [-0.3, -0.25) is 0 Å². The molecule has 0 aliphatic rings. The fourth-order valence-corrected chi connectivity index (χ4v) is 2.88. The van der Waals surface area contributed by atoms with Gasteiger partial charge >= 0.3 is 0 Å². The number of hydrogen-bond donors (Lipinski definition) is 1. The van der Waals surface area contributed by atoms with Crippen molar-refractivity contribution in [3.05, 3.63) is 57.8 Å². The second-order valence-corrected chi connectivity index (χ2v) is 5.64. The van der Waals surface area contributed by atoms with Crippen molar-refractivity contribution in [3.8, 4) is 0 Å². The van der Waals surface area contributed by atoms with E-state index in [0.29, 0.717) is 16.2 Å². The predicted octanol–water partition coefficient (Wildman–Crippen LogP) is 4.98. The minimum atomic E-state index is -1.47. The van der Waals surface area contributed by atoms with E-state index < -0.39 is 17.5 Å². The van der Waals surface area contributed by atoms with E-state index in [1.54, 1.807) is 11.6 Å². The van der Waals surface area contributed by atoms with E-state index in [9.17, 15) is 13.2 Å². The highest BCUT2D eigenvalue weighted by Crippen LogP contribution is 2.32. The lowest BCUT2D eigenvalue weighted by atomic mass is 10.2. The van der Waals surface area contributed by atoms with Gasteiger partial charge in [-0.2, -0.15) is 0 Å². The maximum absolute atomic E-state index is 13.2. The normalized spacial score (nSPS) is 11.0. The van der Waals surface area contributed by atoms with Crippen molar-refractivity contribution >= 4 is 38.8 Å². The van der Waals surface area contributed by atoms with E-state index in [-0.39, 0.29) is 12.1 Å². The monoisotopic (exact) mass is 328 g/mol. The molecule has 2 aromatic carbocycles. The van der Waals surface area contributed by atoms with Crippen LogP contribution in [0.5, 0.6) is 0 Å². The maximum atomic E-state index is 13.2. The van der Waals surface area contributed by atoms with Crippen LogP contribution in [0.2, 0.25) is 5.02 Å². The van der Waals surface area contributed by atoms with Crippen LogP contribution in [0.1, 0.15) is 5.56 Å². The van der Waals surface area contributed by atoms with E-state index in [4.69, 9.17) is 11.6 Å². The molecule has 0 aliphatic carbocycles. The van der Waals surface area contributed by atoms with Gasteiger partial charge in [-0.25, -0.2) is 18.2 Å². The van der Waals surface area contributed by atoms with E-state index >= 15 is 0 Å². The first-order valence-electron chi connectivity index (χ1n) is 5.95. The Kier molecular flexibility index (Phi) is 3.73. The lowest BCUT2D eigenvalue weighted by Crippen LogP contribution is -2.03. The fourth-order valence-electron chi connectivity index (χ4n) is 1.98. The average molecular weight is 329 g/mol. The topological polar surface area (TPSA) is 24.9 Å². The number of hydrogen-bond acceptors (Lipinski definition) is 3. The zero-order valence-corrected chi connectivity index (χ0v) is 12.0. The van der Waals surface area contributed by atoms with Crippen molar-refractivity contribution in [1.29, 1.82) is 0 Å². The molecule has 0 unspecified atom stereocenters. The molecule has 1 heterocycles. The van der Waals surface area contributed by atoms with E-state index in [2.05, 4.69) is 10.3 Å². The molecule has 7 heteroatoms. The Morgan fingerprint density at radius 2 is 1.86 bits per heavy atom. The molecule has 0 radical (unpaired) electrons. The third-order valence-electron chi connectivity index (χ3n) is 2.96. The number of aromatic nitrogens is 1. The largest absolute Gasteiger partial charge is 0.378 e. The first kappa shape index (κ1) is 14.2. The van der Waals surface area contributed by atoms with Crippen molar-refractivity contribution in [2.24, 2.45) is 0 Å². The number of benzene rings is 2. The summed E-state index contributed by atoms with van der Waals surface area (Å²) in [6, 6.07) is 5.45. The lowest BCUT2D eigenvalue weighted by molar-refractivity contribution is 0.445. The number of rotatable bonds is 3. The quantitative estimate of drug-likeness (QED) is 0.686. The summed E-state index contributed by atoms with van der Waals surface area (Å²) in [6.45, 7) is 0.102. The van der Waals surface area contributed by atoms with Gasteiger partial charge in [-0.05, 0) is 29.8 Å². The minimum absolute atomic E-state index is 0.102. The van der Waals surface area contributed by atoms with Gasteiger partial charge in [0.25, 0.3) is 0 Å². The van der Waals surface area contributed by atoms with Crippen LogP contribution in [0, 0.1) is 17.5 Å². The molecule has 1 aromatic heterocycles. The molecular weight excluding hydrogens is 321 g/mol. The molecule has 1 N–H and O–H groups in total. The molecule has 108 valence electrons. The van der Waals surface area contributed by atoms with Crippen LogP contribution in [0.25, 0.3) is 10.2 Å². The molecule has 0 aliphatic heterocycles. The molecular formula is C14H8ClF3N2S. The highest BCUT2D eigenvalue weighted by atomic mass is 35.5. The fraction of sp³-hybridized carbons (Fsp3) is 0.0714. The van der Waals surface area contributed by atoms with Gasteiger partial charge in [0, 0.05) is 6.54 Å². The smallest absolute Gasteiger partial charge is 0.194 e. The van der Waals surface area contributed by atoms with Gasteiger partial charge in [0.1, 0.15) is 5.52 Å². The van der Waals surface area contributed by atoms with Crippen LogP contribution in [0.15, 0.2) is 29.8 Å². The standard InChI is InChI=1S/C14H8ClF3N2S/c15-8-1-2-11-14(20-6-21-11)13(8)19-5-7-3-9(16)12(18)10(17)4-7/h1-4,6,19H,5H2. The van der Waals surface area contributed by atoms with Crippen LogP contribution in [-0.4, -0.2) is 4.98 Å². The molecule has 0 bridgehead atoms. The maximum Gasteiger partial charge on any atom is 0.194 e. The number of thiazole rings is 1. The highest BCUT2D eigenvalue weighted by molar-refractivity contribution is 7.16. The third-order valence-corrected chi connectivity index (χ3v) is 4.07. The molecule has 3 rings (SSSR count). The zero-order chi connectivity index (χ0) is 15.0. The SMILES string of the molecule is Fc1cc(CNc2c(Cl)ccc3scnc23)cc(F)c1F. The number of nitrogens with zero attached hydrogens (tertiary/aromatic N) is 1. The molecule has 0 amide bonds. The van der Waals surface area contributed by atoms with Gasteiger partial charge in [0.2, 0.25) is 0 Å². The summed E-state index contributed by atoms with van der Waals surface area (Å²) in [7, 11) is 0. The van der Waals surface area contributed by atoms with Crippen LogP contribution >= 0.6 is 22.9 Å². The molecule has 0 saturated heterocycles. The molecule has 2 nitrogen and oxygen atoms in total. The molecule has 0 saturated carbocycles. The van der Waals surface area contributed by atoms with Crippen molar-refractivity contribution in [2.75, 3.05) is 5.32 Å². The third kappa shape index (κ3) is 2.69. The zero-order valence-electron chi connectivity index (χ0n) is 10.5. The first-order chi connectivity index (χ1) is 10.1. The van der Waals surface area contributed by atoms with Gasteiger partial charge < -0.3 is 5.32 Å². The van der Waals surface area contributed by atoms with Crippen molar-refractivity contribution < 1.29 is 13.2 Å². The van der Waals surface area contributed by atoms with Crippen LogP contribution < -0.4 is 5.32 Å². The molecule has 21 heavy (non-hydrogen) atoms. The molecule has 3 aromatic rings. The summed E-state index contributed by atoms with van der Waals surface area (Å²) in [4.78, 5) is 4.20. The van der Waals surface area contributed by atoms with Crippen molar-refractivity contribution in [2.45, 2.75) is 6.54 Å². The summed E-state index contributed by atoms with van der Waals surface area (Å²) < 4.78 is 40.2. The highest BCUT2D eigenvalue weighted by Gasteiger charge is 2.12. The van der Waals surface area contributed by atoms with Crippen LogP contribution in [-0.2, 0) is 6.54 Å². The predicted molar refractivity (Wildman–Crippen MR) is 78.3 cm³/mol. The molecule has 0 atom stereocenters. The first-order valence-corrected chi connectivity index (χ1v) is 7.21. The van der Waals surface area contributed by atoms with Crippen LogP contribution in [0.3, 0.4) is 0 Å². The number of nitrogens with one attached hydrogen (secondary N) is 1. The Labute approximate surface area is 127 Å². The Morgan fingerprint density at radius 3 is 2.57 bits per heavy atom.